The van der Waals surface area contributed by atoms with Crippen LogP contribution in [0.15, 0.2) is 36.5 Å². The van der Waals surface area contributed by atoms with Gasteiger partial charge < -0.3 is 0 Å². The van der Waals surface area contributed by atoms with Crippen molar-refractivity contribution in [2.45, 2.75) is 26.2 Å². The van der Waals surface area contributed by atoms with Gasteiger partial charge in [-0.15, -0.1) is 0 Å². The molecule has 2 heterocycles. The summed E-state index contributed by atoms with van der Waals surface area (Å²) in [7, 11) is 0. The van der Waals surface area contributed by atoms with Crippen LogP contribution in [-0.2, 0) is 12.4 Å². The van der Waals surface area contributed by atoms with E-state index in [4.69, 9.17) is 0 Å². The predicted octanol–water partition coefficient (Wildman–Crippen LogP) is 5.79. The number of hydrogen-bond acceptors (Lipinski definition) is 2. The van der Waals surface area contributed by atoms with Gasteiger partial charge in [0, 0.05) is 11.8 Å². The maximum Gasteiger partial charge on any atom is 0.433 e. The highest BCUT2D eigenvalue weighted by molar-refractivity contribution is 5.72. The van der Waals surface area contributed by atoms with E-state index in [2.05, 4.69) is 10.1 Å². The van der Waals surface area contributed by atoms with Gasteiger partial charge >= 0.3 is 12.4 Å². The van der Waals surface area contributed by atoms with E-state index < -0.39 is 29.3 Å². The van der Waals surface area contributed by atoms with Crippen molar-refractivity contribution in [2.75, 3.05) is 0 Å². The SMILES string of the molecule is Cc1ccccc1-c1cnc(-c2n[nH]c(C(F)(F)F)c2C(F)(F)F)cc1C. The summed E-state index contributed by atoms with van der Waals surface area (Å²) in [6.45, 7) is 3.52. The lowest BCUT2D eigenvalue weighted by molar-refractivity contribution is -0.163. The number of pyridine rings is 1. The number of nitrogens with one attached hydrogen (secondary N) is 1. The van der Waals surface area contributed by atoms with Gasteiger partial charge in [-0.3, -0.25) is 10.1 Å². The van der Waals surface area contributed by atoms with Crippen LogP contribution < -0.4 is 0 Å². The van der Waals surface area contributed by atoms with Gasteiger partial charge in [0.15, 0.2) is 5.69 Å². The lowest BCUT2D eigenvalue weighted by atomic mass is 9.97. The van der Waals surface area contributed by atoms with E-state index in [0.29, 0.717) is 11.1 Å². The van der Waals surface area contributed by atoms with Crippen molar-refractivity contribution in [3.8, 4) is 22.5 Å². The highest BCUT2D eigenvalue weighted by atomic mass is 19.4. The molecule has 0 aliphatic rings. The van der Waals surface area contributed by atoms with Crippen molar-refractivity contribution in [1.82, 2.24) is 15.2 Å². The van der Waals surface area contributed by atoms with E-state index in [0.717, 1.165) is 11.1 Å². The molecule has 0 spiro atoms. The molecule has 0 radical (unpaired) electrons. The molecule has 0 aliphatic heterocycles. The van der Waals surface area contributed by atoms with Crippen LogP contribution in [0.2, 0.25) is 0 Å². The normalized spacial score (nSPS) is 12.4. The van der Waals surface area contributed by atoms with Crippen LogP contribution in [0.1, 0.15) is 22.4 Å². The molecule has 0 atom stereocenters. The quantitative estimate of drug-likeness (QED) is 0.567. The number of nitrogens with zero attached hydrogens (tertiary/aromatic N) is 2. The van der Waals surface area contributed by atoms with E-state index >= 15 is 0 Å². The Morgan fingerprint density at radius 1 is 0.852 bits per heavy atom. The Bertz CT molecular complexity index is 985. The van der Waals surface area contributed by atoms with Crippen molar-refractivity contribution in [2.24, 2.45) is 0 Å². The van der Waals surface area contributed by atoms with Crippen molar-refractivity contribution in [3.05, 3.63) is 58.9 Å². The molecule has 1 aromatic carbocycles. The van der Waals surface area contributed by atoms with E-state index in [9.17, 15) is 26.3 Å². The molecule has 27 heavy (non-hydrogen) atoms. The molecule has 3 nitrogen and oxygen atoms in total. The maximum absolute atomic E-state index is 13.3. The molecule has 0 saturated carbocycles. The molecule has 3 aromatic rings. The number of aromatic nitrogens is 3. The zero-order chi connectivity index (χ0) is 20.0. The number of benzene rings is 1. The van der Waals surface area contributed by atoms with Gasteiger partial charge in [-0.25, -0.2) is 0 Å². The molecule has 0 aliphatic carbocycles. The topological polar surface area (TPSA) is 41.6 Å². The molecule has 0 unspecified atom stereocenters. The van der Waals surface area contributed by atoms with Crippen molar-refractivity contribution in [3.63, 3.8) is 0 Å². The first-order valence-corrected chi connectivity index (χ1v) is 7.76. The van der Waals surface area contributed by atoms with Gasteiger partial charge in [0.1, 0.15) is 11.3 Å². The molecular weight excluding hydrogens is 372 g/mol. The number of H-pyrrole nitrogens is 1. The molecule has 0 amide bonds. The van der Waals surface area contributed by atoms with E-state index in [-0.39, 0.29) is 5.69 Å². The molecule has 0 fully saturated rings. The van der Waals surface area contributed by atoms with Gasteiger partial charge in [0.2, 0.25) is 0 Å². The van der Waals surface area contributed by atoms with Crippen LogP contribution in [-0.4, -0.2) is 15.2 Å². The summed E-state index contributed by atoms with van der Waals surface area (Å²) in [4.78, 5) is 3.95. The summed E-state index contributed by atoms with van der Waals surface area (Å²) in [5, 5.41) is 4.71. The summed E-state index contributed by atoms with van der Waals surface area (Å²) in [6.07, 6.45) is -9.11. The molecule has 9 heteroatoms. The second kappa shape index (κ2) is 6.40. The largest absolute Gasteiger partial charge is 0.433 e. The standard InChI is InChI=1S/C18H13F6N3/c1-9-5-3-4-6-11(9)12-8-25-13(7-10(12)2)15-14(17(19,20)21)16(27-26-15)18(22,23)24/h3-8H,1-2H3,(H,26,27). The Hall–Kier alpha value is -2.84. The smallest absolute Gasteiger partial charge is 0.272 e. The monoisotopic (exact) mass is 385 g/mol. The second-order valence-electron chi connectivity index (χ2n) is 6.02. The fourth-order valence-electron chi connectivity index (χ4n) is 2.85. The minimum atomic E-state index is -5.24. The van der Waals surface area contributed by atoms with Crippen LogP contribution in [0.25, 0.3) is 22.5 Å². The molecule has 0 saturated heterocycles. The number of alkyl halides is 6. The minimum absolute atomic E-state index is 0.288. The third-order valence-electron chi connectivity index (χ3n) is 4.12. The first-order chi connectivity index (χ1) is 12.5. The van der Waals surface area contributed by atoms with Crippen molar-refractivity contribution >= 4 is 0 Å². The summed E-state index contributed by atoms with van der Waals surface area (Å²) >= 11 is 0. The predicted molar refractivity (Wildman–Crippen MR) is 86.7 cm³/mol. The van der Waals surface area contributed by atoms with Crippen molar-refractivity contribution in [1.29, 1.82) is 0 Å². The number of halogens is 6. The van der Waals surface area contributed by atoms with Gasteiger partial charge in [-0.2, -0.15) is 31.4 Å². The average molecular weight is 385 g/mol. The Balaban J connectivity index is 2.15. The highest BCUT2D eigenvalue weighted by Gasteiger charge is 2.48. The summed E-state index contributed by atoms with van der Waals surface area (Å²) in [5.41, 5.74) is -1.96. The molecule has 0 bridgehead atoms. The zero-order valence-electron chi connectivity index (χ0n) is 14.1. The Morgan fingerprint density at radius 3 is 2.07 bits per heavy atom. The van der Waals surface area contributed by atoms with Crippen LogP contribution in [0.5, 0.6) is 0 Å². The maximum atomic E-state index is 13.3. The van der Waals surface area contributed by atoms with Crippen LogP contribution in [0, 0.1) is 13.8 Å². The lowest BCUT2D eigenvalue weighted by Crippen LogP contribution is -2.16. The van der Waals surface area contributed by atoms with Gasteiger partial charge in [0.05, 0.1) is 5.69 Å². The number of aryl methyl sites for hydroxylation is 2. The number of rotatable bonds is 2. The second-order valence-corrected chi connectivity index (χ2v) is 6.02. The fourth-order valence-corrected chi connectivity index (χ4v) is 2.85. The summed E-state index contributed by atoms with van der Waals surface area (Å²) < 4.78 is 78.6. The third-order valence-corrected chi connectivity index (χ3v) is 4.12. The Labute approximate surface area is 150 Å². The van der Waals surface area contributed by atoms with Crippen molar-refractivity contribution < 1.29 is 26.3 Å². The van der Waals surface area contributed by atoms with E-state index in [1.165, 1.54) is 17.4 Å². The molecular formula is C18H13F6N3. The summed E-state index contributed by atoms with van der Waals surface area (Å²) in [5.74, 6) is 0. The molecule has 2 aromatic heterocycles. The van der Waals surface area contributed by atoms with Crippen LogP contribution >= 0.6 is 0 Å². The molecule has 1 N–H and O–H groups in total. The van der Waals surface area contributed by atoms with E-state index in [1.54, 1.807) is 13.0 Å². The first kappa shape index (κ1) is 18.9. The fraction of sp³-hybridized carbons (Fsp3) is 0.222. The Kier molecular flexibility index (Phi) is 4.49. The van der Waals surface area contributed by atoms with Crippen LogP contribution in [0.4, 0.5) is 26.3 Å². The number of hydrogen-bond donors (Lipinski definition) is 1. The van der Waals surface area contributed by atoms with Gasteiger partial charge in [-0.1, -0.05) is 24.3 Å². The molecule has 142 valence electrons. The number of aromatic amines is 1. The first-order valence-electron chi connectivity index (χ1n) is 7.76. The van der Waals surface area contributed by atoms with Crippen LogP contribution in [0.3, 0.4) is 0 Å². The Morgan fingerprint density at radius 2 is 1.52 bits per heavy atom. The van der Waals surface area contributed by atoms with Gasteiger partial charge in [0.25, 0.3) is 0 Å². The highest BCUT2D eigenvalue weighted by Crippen LogP contribution is 2.43. The zero-order valence-corrected chi connectivity index (χ0v) is 14.1. The average Bonchev–Trinajstić information content (AvgIpc) is 3.01. The molecule has 3 rings (SSSR count). The van der Waals surface area contributed by atoms with Gasteiger partial charge in [-0.05, 0) is 36.6 Å². The summed E-state index contributed by atoms with van der Waals surface area (Å²) in [6, 6.07) is 8.65. The van der Waals surface area contributed by atoms with E-state index in [1.807, 2.05) is 25.1 Å². The minimum Gasteiger partial charge on any atom is -0.272 e. The lowest BCUT2D eigenvalue weighted by Gasteiger charge is -2.13. The third kappa shape index (κ3) is 3.54.